The predicted octanol–water partition coefficient (Wildman–Crippen LogP) is 0.753. The topological polar surface area (TPSA) is 55.6 Å². The summed E-state index contributed by atoms with van der Waals surface area (Å²) >= 11 is 0. The van der Waals surface area contributed by atoms with Crippen LogP contribution < -0.4 is 5.73 Å². The molecule has 0 radical (unpaired) electrons. The molecule has 0 atom stereocenters. The average molecular weight is 214 g/mol. The van der Waals surface area contributed by atoms with Crippen molar-refractivity contribution in [3.8, 4) is 0 Å². The molecule has 0 spiro atoms. The summed E-state index contributed by atoms with van der Waals surface area (Å²) in [5.74, 6) is 0.0968. The summed E-state index contributed by atoms with van der Waals surface area (Å²) in [6.45, 7) is 3.91. The van der Waals surface area contributed by atoms with Gasteiger partial charge in [-0.2, -0.15) is 0 Å². The maximum atomic E-state index is 12.1. The van der Waals surface area contributed by atoms with Crippen LogP contribution in [0.25, 0.3) is 0 Å². The van der Waals surface area contributed by atoms with Gasteiger partial charge in [0, 0.05) is 20.2 Å². The Morgan fingerprint density at radius 2 is 2.07 bits per heavy atom. The number of carbonyl (C=O) groups is 1. The summed E-state index contributed by atoms with van der Waals surface area (Å²) in [6.07, 6.45) is 3.80. The lowest BCUT2D eigenvalue weighted by Gasteiger charge is -2.30. The summed E-state index contributed by atoms with van der Waals surface area (Å²) in [5, 5.41) is 0. The number of rotatable bonds is 5. The van der Waals surface area contributed by atoms with E-state index < -0.39 is 5.54 Å². The summed E-state index contributed by atoms with van der Waals surface area (Å²) in [5.41, 5.74) is 5.53. The number of methoxy groups -OCH3 is 1. The number of hydrogen-bond acceptors (Lipinski definition) is 3. The van der Waals surface area contributed by atoms with Gasteiger partial charge in [0.2, 0.25) is 5.91 Å². The number of hydrogen-bond donors (Lipinski definition) is 1. The van der Waals surface area contributed by atoms with Gasteiger partial charge in [0.15, 0.2) is 0 Å². The zero-order valence-electron chi connectivity index (χ0n) is 9.79. The fraction of sp³-hybridized carbons (Fsp3) is 0.909. The highest BCUT2D eigenvalue weighted by Gasteiger charge is 2.39. The molecule has 0 aromatic carbocycles. The lowest BCUT2D eigenvalue weighted by Crippen LogP contribution is -2.54. The lowest BCUT2D eigenvalue weighted by molar-refractivity contribution is -0.137. The second-order valence-corrected chi connectivity index (χ2v) is 4.24. The predicted molar refractivity (Wildman–Crippen MR) is 59.5 cm³/mol. The minimum Gasteiger partial charge on any atom is -0.383 e. The van der Waals surface area contributed by atoms with Crippen molar-refractivity contribution in [1.82, 2.24) is 4.90 Å². The quantitative estimate of drug-likeness (QED) is 0.735. The summed E-state index contributed by atoms with van der Waals surface area (Å²) in [7, 11) is 1.64. The lowest BCUT2D eigenvalue weighted by atomic mass is 9.97. The van der Waals surface area contributed by atoms with E-state index in [4.69, 9.17) is 10.5 Å². The first kappa shape index (κ1) is 12.5. The molecule has 0 unspecified atom stereocenters. The molecular weight excluding hydrogens is 192 g/mol. The number of nitrogens with zero attached hydrogens (tertiary/aromatic N) is 1. The van der Waals surface area contributed by atoms with Crippen molar-refractivity contribution in [3.63, 3.8) is 0 Å². The average Bonchev–Trinajstić information content (AvgIpc) is 2.67. The van der Waals surface area contributed by atoms with E-state index in [0.29, 0.717) is 19.7 Å². The van der Waals surface area contributed by atoms with Gasteiger partial charge in [-0.25, -0.2) is 0 Å². The van der Waals surface area contributed by atoms with Crippen LogP contribution in [0.5, 0.6) is 0 Å². The zero-order valence-corrected chi connectivity index (χ0v) is 9.79. The molecule has 2 N–H and O–H groups in total. The molecule has 4 heteroatoms. The second-order valence-electron chi connectivity index (χ2n) is 4.24. The van der Waals surface area contributed by atoms with Gasteiger partial charge >= 0.3 is 0 Å². The Kier molecular flexibility index (Phi) is 4.54. The van der Waals surface area contributed by atoms with Crippen LogP contribution in [-0.4, -0.2) is 43.2 Å². The molecule has 0 aliphatic heterocycles. The molecule has 1 aliphatic rings. The summed E-state index contributed by atoms with van der Waals surface area (Å²) < 4.78 is 4.99. The van der Waals surface area contributed by atoms with Crippen LogP contribution in [-0.2, 0) is 9.53 Å². The van der Waals surface area contributed by atoms with E-state index >= 15 is 0 Å². The van der Waals surface area contributed by atoms with Crippen LogP contribution in [0.2, 0.25) is 0 Å². The largest absolute Gasteiger partial charge is 0.383 e. The number of likely N-dealkylation sites (N-methyl/N-ethyl adjacent to an activating group) is 1. The van der Waals surface area contributed by atoms with E-state index in [1.807, 2.05) is 6.92 Å². The molecule has 1 rings (SSSR count). The van der Waals surface area contributed by atoms with Crippen molar-refractivity contribution < 1.29 is 9.53 Å². The van der Waals surface area contributed by atoms with Gasteiger partial charge in [0.05, 0.1) is 12.1 Å². The zero-order chi connectivity index (χ0) is 11.3. The van der Waals surface area contributed by atoms with Gasteiger partial charge < -0.3 is 15.4 Å². The van der Waals surface area contributed by atoms with Crippen molar-refractivity contribution in [2.75, 3.05) is 26.8 Å². The van der Waals surface area contributed by atoms with Crippen molar-refractivity contribution in [2.24, 2.45) is 5.73 Å². The molecule has 0 aromatic heterocycles. The summed E-state index contributed by atoms with van der Waals surface area (Å²) in [4.78, 5) is 13.9. The number of amides is 1. The number of nitrogens with two attached hydrogens (primary N) is 1. The maximum Gasteiger partial charge on any atom is 0.242 e. The highest BCUT2D eigenvalue weighted by molar-refractivity contribution is 5.86. The standard InChI is InChI=1S/C11H22N2O2/c1-3-13(8-9-15-2)10(14)11(12)6-4-5-7-11/h3-9,12H2,1-2H3. The third-order valence-electron chi connectivity index (χ3n) is 3.16. The van der Waals surface area contributed by atoms with Crippen molar-refractivity contribution in [3.05, 3.63) is 0 Å². The summed E-state index contributed by atoms with van der Waals surface area (Å²) in [6, 6.07) is 0. The Bertz CT molecular complexity index is 213. The first-order valence-electron chi connectivity index (χ1n) is 5.71. The van der Waals surface area contributed by atoms with Crippen LogP contribution in [0.3, 0.4) is 0 Å². The second kappa shape index (κ2) is 5.47. The fourth-order valence-electron chi connectivity index (χ4n) is 2.14. The monoisotopic (exact) mass is 214 g/mol. The molecule has 0 heterocycles. The van der Waals surface area contributed by atoms with Crippen LogP contribution >= 0.6 is 0 Å². The Morgan fingerprint density at radius 3 is 2.53 bits per heavy atom. The maximum absolute atomic E-state index is 12.1. The molecule has 15 heavy (non-hydrogen) atoms. The molecule has 4 nitrogen and oxygen atoms in total. The van der Waals surface area contributed by atoms with Crippen molar-refractivity contribution in [1.29, 1.82) is 0 Å². The van der Waals surface area contributed by atoms with Crippen molar-refractivity contribution in [2.45, 2.75) is 38.1 Å². The van der Waals surface area contributed by atoms with Crippen molar-refractivity contribution >= 4 is 5.91 Å². The fourth-order valence-corrected chi connectivity index (χ4v) is 2.14. The van der Waals surface area contributed by atoms with E-state index in [1.54, 1.807) is 12.0 Å². The smallest absolute Gasteiger partial charge is 0.242 e. The SMILES string of the molecule is CCN(CCOC)C(=O)C1(N)CCCC1. The Balaban J connectivity index is 2.55. The molecule has 88 valence electrons. The molecular formula is C11H22N2O2. The van der Waals surface area contributed by atoms with Crippen LogP contribution in [0.4, 0.5) is 0 Å². The van der Waals surface area contributed by atoms with E-state index in [9.17, 15) is 4.79 Å². The Morgan fingerprint density at radius 1 is 1.47 bits per heavy atom. The Labute approximate surface area is 91.8 Å². The van der Waals surface area contributed by atoms with Gasteiger partial charge in [-0.15, -0.1) is 0 Å². The molecule has 1 saturated carbocycles. The van der Waals surface area contributed by atoms with E-state index in [0.717, 1.165) is 25.7 Å². The minimum absolute atomic E-state index is 0.0968. The van der Waals surface area contributed by atoms with Gasteiger partial charge in [0.1, 0.15) is 0 Å². The van der Waals surface area contributed by atoms with Crippen LogP contribution in [0.1, 0.15) is 32.6 Å². The van der Waals surface area contributed by atoms with E-state index in [1.165, 1.54) is 0 Å². The molecule has 0 bridgehead atoms. The van der Waals surface area contributed by atoms with Gasteiger partial charge in [-0.05, 0) is 19.8 Å². The van der Waals surface area contributed by atoms with E-state index in [-0.39, 0.29) is 5.91 Å². The van der Waals surface area contributed by atoms with Crippen LogP contribution in [0, 0.1) is 0 Å². The molecule has 1 fully saturated rings. The Hall–Kier alpha value is -0.610. The highest BCUT2D eigenvalue weighted by atomic mass is 16.5. The molecule has 0 aromatic rings. The van der Waals surface area contributed by atoms with Gasteiger partial charge in [-0.1, -0.05) is 12.8 Å². The normalized spacial score (nSPS) is 19.1. The molecule has 1 aliphatic carbocycles. The number of carbonyl (C=O) groups excluding carboxylic acids is 1. The number of ether oxygens (including phenoxy) is 1. The molecule has 0 saturated heterocycles. The van der Waals surface area contributed by atoms with Crippen LogP contribution in [0.15, 0.2) is 0 Å². The minimum atomic E-state index is -0.594. The first-order valence-corrected chi connectivity index (χ1v) is 5.71. The third-order valence-corrected chi connectivity index (χ3v) is 3.16. The molecule has 1 amide bonds. The van der Waals surface area contributed by atoms with Gasteiger partial charge in [-0.3, -0.25) is 4.79 Å². The first-order chi connectivity index (χ1) is 7.14. The third kappa shape index (κ3) is 2.92. The highest BCUT2D eigenvalue weighted by Crippen LogP contribution is 2.28. The van der Waals surface area contributed by atoms with Gasteiger partial charge in [0.25, 0.3) is 0 Å². The van der Waals surface area contributed by atoms with E-state index in [2.05, 4.69) is 0 Å².